The third kappa shape index (κ3) is 9.38. The largest absolute Gasteiger partial charge is 0.444 e. The molecule has 3 amide bonds. The summed E-state index contributed by atoms with van der Waals surface area (Å²) in [5, 5.41) is 0. The van der Waals surface area contributed by atoms with Gasteiger partial charge < -0.3 is 25.8 Å². The standard InChI is InChI=1S/C31H37N5O5/c1-23(26-17-10-5-11-18-26)35(2)28(37)27(19-12-20-34-29(32)33)36(30(38)40-21-24-13-6-3-7-14-24)31(39)41-22-25-15-8-4-9-16-25/h3-11,13-18,23,27H,12,19-22H2,1-2H3,(H4,32,33,34)/t23?,27-/m1/s1. The third-order valence-corrected chi connectivity index (χ3v) is 6.54. The molecule has 4 N–H and O–H groups in total. The molecule has 0 aliphatic carbocycles. The highest BCUT2D eigenvalue weighted by Gasteiger charge is 2.39. The number of amides is 3. The lowest BCUT2D eigenvalue weighted by molar-refractivity contribution is -0.137. The van der Waals surface area contributed by atoms with Crippen LogP contribution in [0.2, 0.25) is 0 Å². The Morgan fingerprint density at radius 2 is 1.24 bits per heavy atom. The number of benzene rings is 3. The molecule has 41 heavy (non-hydrogen) atoms. The molecule has 0 aliphatic heterocycles. The number of ether oxygens (including phenoxy) is 2. The highest BCUT2D eigenvalue weighted by Crippen LogP contribution is 2.23. The van der Waals surface area contributed by atoms with Crippen LogP contribution in [0.5, 0.6) is 0 Å². The van der Waals surface area contributed by atoms with E-state index in [2.05, 4.69) is 4.99 Å². The second kappa shape index (κ2) is 15.7. The lowest BCUT2D eigenvalue weighted by Gasteiger charge is -2.33. The van der Waals surface area contributed by atoms with Crippen LogP contribution in [0, 0.1) is 0 Å². The number of rotatable bonds is 12. The highest BCUT2D eigenvalue weighted by molar-refractivity contribution is 5.95. The van der Waals surface area contributed by atoms with E-state index in [1.807, 2.05) is 73.7 Å². The fourth-order valence-corrected chi connectivity index (χ4v) is 4.14. The summed E-state index contributed by atoms with van der Waals surface area (Å²) in [6, 6.07) is 26.0. The van der Waals surface area contributed by atoms with E-state index in [-0.39, 0.29) is 38.2 Å². The predicted octanol–water partition coefficient (Wildman–Crippen LogP) is 4.60. The van der Waals surface area contributed by atoms with Crippen LogP contribution >= 0.6 is 0 Å². The zero-order valence-corrected chi connectivity index (χ0v) is 23.4. The number of nitrogens with two attached hydrogens (primary N) is 2. The van der Waals surface area contributed by atoms with Crippen LogP contribution < -0.4 is 11.5 Å². The molecule has 3 aromatic rings. The normalized spacial score (nSPS) is 12.0. The Kier molecular flexibility index (Phi) is 11.7. The van der Waals surface area contributed by atoms with E-state index in [9.17, 15) is 14.4 Å². The molecular weight excluding hydrogens is 522 g/mol. The van der Waals surface area contributed by atoms with Gasteiger partial charge >= 0.3 is 12.2 Å². The Morgan fingerprint density at radius 1 is 0.780 bits per heavy atom. The monoisotopic (exact) mass is 559 g/mol. The number of likely N-dealkylation sites (N-methyl/N-ethyl adjacent to an activating group) is 1. The molecule has 0 radical (unpaired) electrons. The second-order valence-corrected chi connectivity index (χ2v) is 9.45. The zero-order chi connectivity index (χ0) is 29.6. The Balaban J connectivity index is 1.90. The average molecular weight is 560 g/mol. The molecule has 3 rings (SSSR count). The van der Waals surface area contributed by atoms with Crippen molar-refractivity contribution in [3.63, 3.8) is 0 Å². The number of carbonyl (C=O) groups is 3. The topological polar surface area (TPSA) is 141 Å². The number of guanidine groups is 1. The average Bonchev–Trinajstić information content (AvgIpc) is 3.00. The summed E-state index contributed by atoms with van der Waals surface area (Å²) in [6.07, 6.45) is -1.58. The first-order chi connectivity index (χ1) is 19.8. The molecule has 0 bridgehead atoms. The van der Waals surface area contributed by atoms with Crippen molar-refractivity contribution in [2.45, 2.75) is 45.1 Å². The number of hydrogen-bond acceptors (Lipinski definition) is 6. The molecule has 2 atom stereocenters. The first-order valence-electron chi connectivity index (χ1n) is 13.4. The Bertz CT molecular complexity index is 1230. The summed E-state index contributed by atoms with van der Waals surface area (Å²) in [7, 11) is 1.63. The van der Waals surface area contributed by atoms with Crippen molar-refractivity contribution in [1.82, 2.24) is 9.80 Å². The molecule has 0 fully saturated rings. The summed E-state index contributed by atoms with van der Waals surface area (Å²) in [5.41, 5.74) is 13.3. The van der Waals surface area contributed by atoms with Crippen LogP contribution in [0.25, 0.3) is 0 Å². The van der Waals surface area contributed by atoms with Crippen molar-refractivity contribution in [2.75, 3.05) is 13.6 Å². The van der Waals surface area contributed by atoms with Gasteiger partial charge in [-0.25, -0.2) is 9.59 Å². The maximum atomic E-state index is 14.0. The maximum Gasteiger partial charge on any atom is 0.420 e. The lowest BCUT2D eigenvalue weighted by atomic mass is 10.0. The van der Waals surface area contributed by atoms with Crippen molar-refractivity contribution in [3.05, 3.63) is 108 Å². The molecule has 0 spiro atoms. The Labute approximate surface area is 240 Å². The number of carbonyl (C=O) groups excluding carboxylic acids is 3. The van der Waals surface area contributed by atoms with Gasteiger partial charge in [-0.1, -0.05) is 91.0 Å². The van der Waals surface area contributed by atoms with Gasteiger partial charge in [-0.15, -0.1) is 0 Å². The van der Waals surface area contributed by atoms with Gasteiger partial charge in [0, 0.05) is 13.6 Å². The molecule has 0 aromatic heterocycles. The number of aliphatic imine (C=N–C) groups is 1. The molecule has 10 nitrogen and oxygen atoms in total. The summed E-state index contributed by atoms with van der Waals surface area (Å²) in [4.78, 5) is 47.2. The van der Waals surface area contributed by atoms with E-state index in [1.165, 1.54) is 4.90 Å². The van der Waals surface area contributed by atoms with Gasteiger partial charge in [0.1, 0.15) is 19.3 Å². The van der Waals surface area contributed by atoms with Crippen LogP contribution in [0.15, 0.2) is 96.0 Å². The van der Waals surface area contributed by atoms with Crippen LogP contribution in [0.1, 0.15) is 42.5 Å². The molecule has 0 aliphatic rings. The Morgan fingerprint density at radius 3 is 1.71 bits per heavy atom. The predicted molar refractivity (Wildman–Crippen MR) is 156 cm³/mol. The molecule has 0 saturated carbocycles. The number of imide groups is 1. The summed E-state index contributed by atoms with van der Waals surface area (Å²) >= 11 is 0. The molecule has 10 heteroatoms. The van der Waals surface area contributed by atoms with E-state index in [0.717, 1.165) is 21.6 Å². The molecule has 0 heterocycles. The van der Waals surface area contributed by atoms with Gasteiger partial charge in [-0.2, -0.15) is 4.90 Å². The lowest BCUT2D eigenvalue weighted by Crippen LogP contribution is -2.53. The summed E-state index contributed by atoms with van der Waals surface area (Å²) < 4.78 is 11.0. The Hall–Kier alpha value is -4.86. The smallest absolute Gasteiger partial charge is 0.420 e. The van der Waals surface area contributed by atoms with Crippen molar-refractivity contribution < 1.29 is 23.9 Å². The molecular formula is C31H37N5O5. The summed E-state index contributed by atoms with van der Waals surface area (Å²) in [5.74, 6) is -0.552. The van der Waals surface area contributed by atoms with Crippen molar-refractivity contribution in [2.24, 2.45) is 16.5 Å². The van der Waals surface area contributed by atoms with Gasteiger partial charge in [-0.3, -0.25) is 9.79 Å². The molecule has 1 unspecified atom stereocenters. The summed E-state index contributed by atoms with van der Waals surface area (Å²) in [6.45, 7) is 1.89. The second-order valence-electron chi connectivity index (χ2n) is 9.45. The van der Waals surface area contributed by atoms with Gasteiger partial charge in [0.25, 0.3) is 0 Å². The van der Waals surface area contributed by atoms with Crippen molar-refractivity contribution in [1.29, 1.82) is 0 Å². The van der Waals surface area contributed by atoms with Crippen molar-refractivity contribution >= 4 is 24.1 Å². The minimum Gasteiger partial charge on any atom is -0.444 e. The number of nitrogens with zero attached hydrogens (tertiary/aromatic N) is 3. The van der Waals surface area contributed by atoms with Crippen LogP contribution in [-0.2, 0) is 27.5 Å². The maximum absolute atomic E-state index is 14.0. The minimum atomic E-state index is -1.23. The highest BCUT2D eigenvalue weighted by atomic mass is 16.6. The SMILES string of the molecule is CC(c1ccccc1)N(C)C(=O)[C@@H](CCCN=C(N)N)N(C(=O)OCc1ccccc1)C(=O)OCc1ccccc1. The van der Waals surface area contributed by atoms with E-state index >= 15 is 0 Å². The quantitative estimate of drug-likeness (QED) is 0.188. The van der Waals surface area contributed by atoms with Crippen molar-refractivity contribution in [3.8, 4) is 0 Å². The van der Waals surface area contributed by atoms with Gasteiger partial charge in [0.2, 0.25) is 5.91 Å². The fraction of sp³-hybridized carbons (Fsp3) is 0.290. The molecule has 3 aromatic carbocycles. The first-order valence-corrected chi connectivity index (χ1v) is 13.4. The van der Waals surface area contributed by atoms with Crippen LogP contribution in [0.3, 0.4) is 0 Å². The van der Waals surface area contributed by atoms with Gasteiger partial charge in [0.15, 0.2) is 5.96 Å². The number of hydrogen-bond donors (Lipinski definition) is 2. The van der Waals surface area contributed by atoms with E-state index in [1.54, 1.807) is 31.3 Å². The first kappa shape index (κ1) is 30.7. The minimum absolute atomic E-state index is 0.0857. The van der Waals surface area contributed by atoms with Crippen LogP contribution in [-0.4, -0.2) is 53.5 Å². The third-order valence-electron chi connectivity index (χ3n) is 6.54. The zero-order valence-electron chi connectivity index (χ0n) is 23.4. The molecule has 216 valence electrons. The van der Waals surface area contributed by atoms with Crippen LogP contribution in [0.4, 0.5) is 9.59 Å². The van der Waals surface area contributed by atoms with Gasteiger partial charge in [0.05, 0.1) is 6.04 Å². The van der Waals surface area contributed by atoms with Gasteiger partial charge in [-0.05, 0) is 36.5 Å². The van der Waals surface area contributed by atoms with E-state index in [4.69, 9.17) is 20.9 Å². The van der Waals surface area contributed by atoms with E-state index in [0.29, 0.717) is 6.42 Å². The van der Waals surface area contributed by atoms with E-state index < -0.39 is 24.1 Å². The molecule has 0 saturated heterocycles. The fourth-order valence-electron chi connectivity index (χ4n) is 4.14.